The average molecular weight is 286 g/mol. The van der Waals surface area contributed by atoms with Crippen LogP contribution in [0.4, 0.5) is 14.5 Å². The molecule has 7 heteroatoms. The van der Waals surface area contributed by atoms with E-state index in [1.54, 1.807) is 6.92 Å². The Morgan fingerprint density at radius 1 is 1.40 bits per heavy atom. The molecule has 20 heavy (non-hydrogen) atoms. The van der Waals surface area contributed by atoms with Crippen LogP contribution in [0.5, 0.6) is 0 Å². The molecule has 1 aromatic carbocycles. The molecule has 1 rings (SSSR count). The molecule has 0 saturated carbocycles. The smallest absolute Gasteiger partial charge is 0.285 e. The van der Waals surface area contributed by atoms with Crippen molar-refractivity contribution >= 4 is 11.6 Å². The molecule has 1 aromatic rings. The Hall–Kier alpha value is -2.05. The molecule has 0 aromatic heterocycles. The van der Waals surface area contributed by atoms with Crippen LogP contribution in [0.15, 0.2) is 12.1 Å². The second-order valence-corrected chi connectivity index (χ2v) is 4.56. The normalized spacial score (nSPS) is 12.0. The van der Waals surface area contributed by atoms with Gasteiger partial charge in [0.05, 0.1) is 11.0 Å². The Bertz CT molecular complexity index is 521. The maximum absolute atomic E-state index is 13.1. The van der Waals surface area contributed by atoms with Crippen molar-refractivity contribution in [3.63, 3.8) is 0 Å². The highest BCUT2D eigenvalue weighted by Gasteiger charge is 2.24. The number of hydrogen-bond donors (Lipinski definition) is 1. The molecule has 0 aliphatic carbocycles. The van der Waals surface area contributed by atoms with Crippen LogP contribution in [0.2, 0.25) is 0 Å². The number of carbonyl (C=O) groups is 1. The van der Waals surface area contributed by atoms with E-state index in [-0.39, 0.29) is 6.04 Å². The van der Waals surface area contributed by atoms with Gasteiger partial charge in [0, 0.05) is 6.04 Å². The number of nitrogens with one attached hydrogen (secondary N) is 1. The van der Waals surface area contributed by atoms with Crippen LogP contribution >= 0.6 is 0 Å². The standard InChI is InChI=1S/C13H16F2N2O3/c1-3-4-5-8(2)16-13(18)9-6-10(14)11(15)7-12(9)17(19)20/h6-8H,3-5H2,1-2H3,(H,16,18). The number of nitro groups is 1. The maximum atomic E-state index is 13.1. The largest absolute Gasteiger partial charge is 0.349 e. The third-order valence-corrected chi connectivity index (χ3v) is 2.85. The van der Waals surface area contributed by atoms with Crippen LogP contribution < -0.4 is 5.32 Å². The van der Waals surface area contributed by atoms with Gasteiger partial charge in [0.25, 0.3) is 11.6 Å². The topological polar surface area (TPSA) is 72.2 Å². The van der Waals surface area contributed by atoms with Crippen molar-refractivity contribution in [2.45, 2.75) is 39.2 Å². The van der Waals surface area contributed by atoms with E-state index in [0.29, 0.717) is 18.6 Å². The number of nitrogens with zero attached hydrogens (tertiary/aromatic N) is 1. The van der Waals surface area contributed by atoms with Gasteiger partial charge in [-0.05, 0) is 19.4 Å². The number of amides is 1. The minimum Gasteiger partial charge on any atom is -0.349 e. The molecule has 1 amide bonds. The minimum atomic E-state index is -1.35. The summed E-state index contributed by atoms with van der Waals surface area (Å²) >= 11 is 0. The van der Waals surface area contributed by atoms with Gasteiger partial charge in [0.2, 0.25) is 0 Å². The van der Waals surface area contributed by atoms with Crippen LogP contribution in [0.3, 0.4) is 0 Å². The van der Waals surface area contributed by atoms with Gasteiger partial charge in [-0.15, -0.1) is 0 Å². The SMILES string of the molecule is CCCCC(C)NC(=O)c1cc(F)c(F)cc1[N+](=O)[O-]. The fraction of sp³-hybridized carbons (Fsp3) is 0.462. The highest BCUT2D eigenvalue weighted by molar-refractivity contribution is 5.98. The first-order valence-electron chi connectivity index (χ1n) is 6.31. The van der Waals surface area contributed by atoms with Gasteiger partial charge in [-0.1, -0.05) is 19.8 Å². The van der Waals surface area contributed by atoms with Gasteiger partial charge in [-0.25, -0.2) is 8.78 Å². The Morgan fingerprint density at radius 3 is 2.55 bits per heavy atom. The predicted molar refractivity (Wildman–Crippen MR) is 69.5 cm³/mol. The summed E-state index contributed by atoms with van der Waals surface area (Å²) in [6.45, 7) is 3.74. The molecule has 0 saturated heterocycles. The Balaban J connectivity index is 2.97. The minimum absolute atomic E-state index is 0.199. The first-order valence-corrected chi connectivity index (χ1v) is 6.31. The zero-order valence-electron chi connectivity index (χ0n) is 11.3. The van der Waals surface area contributed by atoms with E-state index in [1.165, 1.54) is 0 Å². The zero-order valence-corrected chi connectivity index (χ0v) is 11.3. The van der Waals surface area contributed by atoms with Crippen molar-refractivity contribution in [2.75, 3.05) is 0 Å². The average Bonchev–Trinajstić information content (AvgIpc) is 2.38. The van der Waals surface area contributed by atoms with Gasteiger partial charge in [-0.3, -0.25) is 14.9 Å². The fourth-order valence-electron chi connectivity index (χ4n) is 1.75. The molecular weight excluding hydrogens is 270 g/mol. The Kier molecular flexibility index (Phi) is 5.54. The first kappa shape index (κ1) is 16.0. The molecule has 110 valence electrons. The van der Waals surface area contributed by atoms with Gasteiger partial charge >= 0.3 is 0 Å². The molecule has 0 spiro atoms. The van der Waals surface area contributed by atoms with E-state index >= 15 is 0 Å². The van der Waals surface area contributed by atoms with Crippen molar-refractivity contribution in [3.8, 4) is 0 Å². The maximum Gasteiger partial charge on any atom is 0.285 e. The summed E-state index contributed by atoms with van der Waals surface area (Å²) in [5.74, 6) is -3.42. The van der Waals surface area contributed by atoms with Crippen LogP contribution in [0, 0.1) is 21.7 Å². The lowest BCUT2D eigenvalue weighted by Crippen LogP contribution is -2.33. The Morgan fingerprint density at radius 2 is 2.00 bits per heavy atom. The van der Waals surface area contributed by atoms with Crippen molar-refractivity contribution in [2.24, 2.45) is 0 Å². The molecule has 1 N–H and O–H groups in total. The summed E-state index contributed by atoms with van der Waals surface area (Å²) in [6, 6.07) is 0.770. The van der Waals surface area contributed by atoms with E-state index in [2.05, 4.69) is 5.32 Å². The van der Waals surface area contributed by atoms with Gasteiger partial charge < -0.3 is 5.32 Å². The van der Waals surface area contributed by atoms with E-state index in [1.807, 2.05) is 6.92 Å². The fourth-order valence-corrected chi connectivity index (χ4v) is 1.75. The molecule has 0 aliphatic heterocycles. The highest BCUT2D eigenvalue weighted by atomic mass is 19.2. The van der Waals surface area contributed by atoms with Gasteiger partial charge in [0.15, 0.2) is 11.6 Å². The highest BCUT2D eigenvalue weighted by Crippen LogP contribution is 2.22. The number of benzene rings is 1. The summed E-state index contributed by atoms with van der Waals surface area (Å²) in [5.41, 5.74) is -1.22. The Labute approximate surface area is 115 Å². The molecule has 0 aliphatic rings. The molecule has 0 radical (unpaired) electrons. The number of rotatable bonds is 6. The molecule has 0 fully saturated rings. The van der Waals surface area contributed by atoms with E-state index in [4.69, 9.17) is 0 Å². The van der Waals surface area contributed by atoms with Gasteiger partial charge in [-0.2, -0.15) is 0 Å². The lowest BCUT2D eigenvalue weighted by Gasteiger charge is -2.13. The van der Waals surface area contributed by atoms with Gasteiger partial charge in [0.1, 0.15) is 5.56 Å². The van der Waals surface area contributed by atoms with Crippen molar-refractivity contribution in [1.82, 2.24) is 5.32 Å². The summed E-state index contributed by atoms with van der Waals surface area (Å²) in [7, 11) is 0. The first-order chi connectivity index (χ1) is 9.36. The summed E-state index contributed by atoms with van der Waals surface area (Å²) < 4.78 is 26.1. The molecule has 1 unspecified atom stereocenters. The molecule has 1 atom stereocenters. The van der Waals surface area contributed by atoms with Crippen LogP contribution in [0.25, 0.3) is 0 Å². The second-order valence-electron chi connectivity index (χ2n) is 4.56. The van der Waals surface area contributed by atoms with Crippen molar-refractivity contribution in [3.05, 3.63) is 39.4 Å². The van der Waals surface area contributed by atoms with Crippen molar-refractivity contribution < 1.29 is 18.5 Å². The number of carbonyl (C=O) groups excluding carboxylic acids is 1. The summed E-state index contributed by atoms with van der Waals surface area (Å²) in [5, 5.41) is 13.3. The zero-order chi connectivity index (χ0) is 15.3. The third-order valence-electron chi connectivity index (χ3n) is 2.85. The predicted octanol–water partition coefficient (Wildman–Crippen LogP) is 3.18. The molecule has 0 bridgehead atoms. The second kappa shape index (κ2) is 6.93. The number of unbranched alkanes of at least 4 members (excludes halogenated alkanes) is 1. The van der Waals surface area contributed by atoms with E-state index in [0.717, 1.165) is 12.8 Å². The van der Waals surface area contributed by atoms with E-state index < -0.39 is 33.7 Å². The quantitative estimate of drug-likeness (QED) is 0.644. The summed E-state index contributed by atoms with van der Waals surface area (Å²) in [4.78, 5) is 21.8. The van der Waals surface area contributed by atoms with Crippen molar-refractivity contribution in [1.29, 1.82) is 0 Å². The number of halogens is 2. The lowest BCUT2D eigenvalue weighted by atomic mass is 10.1. The van der Waals surface area contributed by atoms with Crippen LogP contribution in [0.1, 0.15) is 43.5 Å². The monoisotopic (exact) mass is 286 g/mol. The molecule has 0 heterocycles. The lowest BCUT2D eigenvalue weighted by molar-refractivity contribution is -0.385. The summed E-state index contributed by atoms with van der Waals surface area (Å²) in [6.07, 6.45) is 2.55. The number of nitro benzene ring substituents is 1. The number of hydrogen-bond acceptors (Lipinski definition) is 3. The van der Waals surface area contributed by atoms with Crippen LogP contribution in [-0.2, 0) is 0 Å². The molecular formula is C13H16F2N2O3. The van der Waals surface area contributed by atoms with E-state index in [9.17, 15) is 23.7 Å². The third kappa shape index (κ3) is 3.97. The van der Waals surface area contributed by atoms with Crippen LogP contribution in [-0.4, -0.2) is 16.9 Å². The molecule has 5 nitrogen and oxygen atoms in total.